The van der Waals surface area contributed by atoms with Crippen LogP contribution in [0.25, 0.3) is 10.2 Å². The van der Waals surface area contributed by atoms with Gasteiger partial charge in [-0.3, -0.25) is 14.6 Å². The summed E-state index contributed by atoms with van der Waals surface area (Å²) in [5.41, 5.74) is 0.901. The number of para-hydroxylation sites is 2. The summed E-state index contributed by atoms with van der Waals surface area (Å²) in [5.74, 6) is 1.14. The number of ether oxygens (including phenoxy) is 3. The van der Waals surface area contributed by atoms with E-state index >= 15 is 0 Å². The summed E-state index contributed by atoms with van der Waals surface area (Å²) < 4.78 is 18.4. The normalized spacial score (nSPS) is 18.0. The molecule has 0 N–H and O–H groups in total. The highest BCUT2D eigenvalue weighted by Gasteiger charge is 2.33. The highest BCUT2D eigenvalue weighted by atomic mass is 35.5. The van der Waals surface area contributed by atoms with Crippen LogP contribution in [0.2, 0.25) is 0 Å². The molecule has 1 aromatic heterocycles. The van der Waals surface area contributed by atoms with E-state index in [2.05, 4.69) is 23.3 Å². The lowest BCUT2D eigenvalue weighted by molar-refractivity contribution is -0.127. The third-order valence-electron chi connectivity index (χ3n) is 5.61. The molecule has 7 nitrogen and oxygen atoms in total. The summed E-state index contributed by atoms with van der Waals surface area (Å²) >= 11 is 3.24. The zero-order chi connectivity index (χ0) is 21.9. The van der Waals surface area contributed by atoms with Crippen LogP contribution in [0.5, 0.6) is 11.5 Å². The standard InChI is InChI=1S/C23H25N3O4S2.ClH/c1-31-16-6-7-17-21(14-16)32-23(24-17)26(9-8-25-10-12-28-13-11-25)22(27)20-15-29-18-4-2-3-5-19(18)30-20;/h2-7,14,20H,8-13,15H2,1H3;1H. The summed E-state index contributed by atoms with van der Waals surface area (Å²) in [7, 11) is 0. The zero-order valence-corrected chi connectivity index (χ0v) is 20.7. The maximum atomic E-state index is 13.6. The Bertz CT molecular complexity index is 1110. The van der Waals surface area contributed by atoms with E-state index in [0.717, 1.165) is 43.1 Å². The number of thiazole rings is 1. The molecule has 1 saturated heterocycles. The van der Waals surface area contributed by atoms with Crippen molar-refractivity contribution in [2.24, 2.45) is 0 Å². The average Bonchev–Trinajstić information content (AvgIpc) is 3.27. The van der Waals surface area contributed by atoms with E-state index in [1.54, 1.807) is 28.0 Å². The Morgan fingerprint density at radius 2 is 2.00 bits per heavy atom. The minimum absolute atomic E-state index is 0. The van der Waals surface area contributed by atoms with Crippen LogP contribution < -0.4 is 14.4 Å². The van der Waals surface area contributed by atoms with E-state index < -0.39 is 6.10 Å². The van der Waals surface area contributed by atoms with Gasteiger partial charge in [-0.15, -0.1) is 24.2 Å². The average molecular weight is 508 g/mol. The predicted octanol–water partition coefficient (Wildman–Crippen LogP) is 3.95. The number of thioether (sulfide) groups is 1. The van der Waals surface area contributed by atoms with Crippen molar-refractivity contribution >= 4 is 56.8 Å². The number of amides is 1. The molecule has 1 fully saturated rings. The minimum Gasteiger partial charge on any atom is -0.485 e. The van der Waals surface area contributed by atoms with Gasteiger partial charge in [-0.2, -0.15) is 0 Å². The molecule has 2 aliphatic rings. The third kappa shape index (κ3) is 5.38. The summed E-state index contributed by atoms with van der Waals surface area (Å²) in [6.07, 6.45) is 1.35. The molecule has 3 heterocycles. The first-order valence-electron chi connectivity index (χ1n) is 10.7. The Labute approximate surface area is 207 Å². The number of hydrogen-bond donors (Lipinski definition) is 0. The summed E-state index contributed by atoms with van der Waals surface area (Å²) in [4.78, 5) is 23.7. The van der Waals surface area contributed by atoms with E-state index in [9.17, 15) is 4.79 Å². The maximum Gasteiger partial charge on any atom is 0.273 e. The molecular formula is C23H26ClN3O4S2. The molecule has 1 unspecified atom stereocenters. The van der Waals surface area contributed by atoms with Crippen molar-refractivity contribution in [1.82, 2.24) is 9.88 Å². The monoisotopic (exact) mass is 507 g/mol. The molecule has 2 aliphatic heterocycles. The highest BCUT2D eigenvalue weighted by Crippen LogP contribution is 2.34. The van der Waals surface area contributed by atoms with E-state index in [4.69, 9.17) is 19.2 Å². The van der Waals surface area contributed by atoms with Crippen molar-refractivity contribution in [3.05, 3.63) is 42.5 Å². The van der Waals surface area contributed by atoms with Gasteiger partial charge in [-0.1, -0.05) is 23.5 Å². The van der Waals surface area contributed by atoms with Gasteiger partial charge in [0.25, 0.3) is 5.91 Å². The molecule has 33 heavy (non-hydrogen) atoms. The van der Waals surface area contributed by atoms with E-state index in [1.165, 1.54) is 4.90 Å². The van der Waals surface area contributed by atoms with Gasteiger partial charge in [-0.05, 0) is 36.6 Å². The molecule has 0 bridgehead atoms. The number of nitrogens with zero attached hydrogens (tertiary/aromatic N) is 3. The van der Waals surface area contributed by atoms with Crippen molar-refractivity contribution in [1.29, 1.82) is 0 Å². The Balaban J connectivity index is 0.00000259. The zero-order valence-electron chi connectivity index (χ0n) is 18.3. The Hall–Kier alpha value is -2.04. The molecule has 176 valence electrons. The van der Waals surface area contributed by atoms with Crippen LogP contribution in [0.1, 0.15) is 0 Å². The smallest absolute Gasteiger partial charge is 0.273 e. The fourth-order valence-corrected chi connectivity index (χ4v) is 5.37. The Kier molecular flexibility index (Phi) is 7.98. The van der Waals surface area contributed by atoms with Crippen molar-refractivity contribution in [2.75, 3.05) is 57.2 Å². The number of benzene rings is 2. The van der Waals surface area contributed by atoms with Crippen molar-refractivity contribution in [3.8, 4) is 11.5 Å². The molecule has 0 aliphatic carbocycles. The highest BCUT2D eigenvalue weighted by molar-refractivity contribution is 7.98. The van der Waals surface area contributed by atoms with Gasteiger partial charge < -0.3 is 14.2 Å². The van der Waals surface area contributed by atoms with E-state index in [1.807, 2.05) is 30.3 Å². The predicted molar refractivity (Wildman–Crippen MR) is 135 cm³/mol. The second kappa shape index (κ2) is 10.9. The number of morpholine rings is 1. The quantitative estimate of drug-likeness (QED) is 0.468. The van der Waals surface area contributed by atoms with Crippen LogP contribution in [0, 0.1) is 0 Å². The van der Waals surface area contributed by atoms with Crippen LogP contribution in [0.15, 0.2) is 47.4 Å². The summed E-state index contributed by atoms with van der Waals surface area (Å²) in [6, 6.07) is 13.7. The van der Waals surface area contributed by atoms with Crippen molar-refractivity contribution in [2.45, 2.75) is 11.0 Å². The Morgan fingerprint density at radius 3 is 2.79 bits per heavy atom. The number of carbonyl (C=O) groups excluding carboxylic acids is 1. The maximum absolute atomic E-state index is 13.6. The van der Waals surface area contributed by atoms with Crippen LogP contribution in [0.4, 0.5) is 5.13 Å². The summed E-state index contributed by atoms with van der Waals surface area (Å²) in [5, 5.41) is 0.693. The lowest BCUT2D eigenvalue weighted by atomic mass is 10.2. The van der Waals surface area contributed by atoms with Crippen molar-refractivity contribution < 1.29 is 19.0 Å². The molecule has 1 amide bonds. The van der Waals surface area contributed by atoms with Crippen LogP contribution in [-0.4, -0.2) is 74.2 Å². The Morgan fingerprint density at radius 1 is 1.21 bits per heavy atom. The van der Waals surface area contributed by atoms with Crippen molar-refractivity contribution in [3.63, 3.8) is 0 Å². The van der Waals surface area contributed by atoms with Gasteiger partial charge in [0, 0.05) is 31.1 Å². The largest absolute Gasteiger partial charge is 0.485 e. The van der Waals surface area contributed by atoms with E-state index in [-0.39, 0.29) is 24.9 Å². The number of carbonyl (C=O) groups is 1. The summed E-state index contributed by atoms with van der Waals surface area (Å²) in [6.45, 7) is 4.67. The fourth-order valence-electron chi connectivity index (χ4n) is 3.82. The molecular weight excluding hydrogens is 482 g/mol. The molecule has 1 atom stereocenters. The second-order valence-corrected chi connectivity index (χ2v) is 9.53. The first kappa shape index (κ1) is 24.1. The van der Waals surface area contributed by atoms with Crippen LogP contribution in [-0.2, 0) is 9.53 Å². The van der Waals surface area contributed by atoms with Crippen LogP contribution in [0.3, 0.4) is 0 Å². The van der Waals surface area contributed by atoms with Gasteiger partial charge in [0.05, 0.1) is 23.4 Å². The van der Waals surface area contributed by atoms with E-state index in [0.29, 0.717) is 23.2 Å². The minimum atomic E-state index is -0.705. The lowest BCUT2D eigenvalue weighted by Crippen LogP contribution is -2.49. The molecule has 0 spiro atoms. The van der Waals surface area contributed by atoms with Gasteiger partial charge >= 0.3 is 0 Å². The molecule has 2 aromatic carbocycles. The van der Waals surface area contributed by atoms with Gasteiger partial charge in [-0.25, -0.2) is 4.98 Å². The van der Waals surface area contributed by atoms with Gasteiger partial charge in [0.2, 0.25) is 6.10 Å². The molecule has 0 saturated carbocycles. The topological polar surface area (TPSA) is 64.1 Å². The first-order chi connectivity index (χ1) is 15.7. The molecule has 10 heteroatoms. The van der Waals surface area contributed by atoms with Crippen LogP contribution >= 0.6 is 35.5 Å². The molecule has 5 rings (SSSR count). The fraction of sp³-hybridized carbons (Fsp3) is 0.391. The first-order valence-corrected chi connectivity index (χ1v) is 12.7. The number of fused-ring (bicyclic) bond motifs is 2. The second-order valence-electron chi connectivity index (χ2n) is 7.64. The number of halogens is 1. The molecule has 3 aromatic rings. The lowest BCUT2D eigenvalue weighted by Gasteiger charge is -2.32. The van der Waals surface area contributed by atoms with Gasteiger partial charge in [0.1, 0.15) is 6.61 Å². The number of rotatable bonds is 6. The number of hydrogen-bond acceptors (Lipinski definition) is 8. The number of anilines is 1. The SMILES string of the molecule is CSc1ccc2nc(N(CCN3CCOCC3)C(=O)C3COc4ccccc4O3)sc2c1.Cl. The number of aromatic nitrogens is 1. The van der Waals surface area contributed by atoms with Gasteiger partial charge in [0.15, 0.2) is 16.6 Å². The third-order valence-corrected chi connectivity index (χ3v) is 7.38. The molecule has 0 radical (unpaired) electrons.